The number of carbonyl (C=O) groups excluding carboxylic acids is 1. The first-order valence-electron chi connectivity index (χ1n) is 7.72. The molecule has 6 nitrogen and oxygen atoms in total. The molecule has 0 atom stereocenters. The number of hydrogen-bond donors (Lipinski definition) is 2. The molecular formula is C15H23N3O3S2. The van der Waals surface area contributed by atoms with Crippen molar-refractivity contribution in [1.82, 2.24) is 10.2 Å². The van der Waals surface area contributed by atoms with E-state index in [1.165, 1.54) is 11.3 Å². The molecule has 0 bridgehead atoms. The Labute approximate surface area is 146 Å². The fraction of sp³-hybridized carbons (Fsp3) is 0.600. The zero-order valence-electron chi connectivity index (χ0n) is 13.5. The van der Waals surface area contributed by atoms with Gasteiger partial charge in [0.05, 0.1) is 24.8 Å². The Morgan fingerprint density at radius 1 is 1.48 bits per heavy atom. The summed E-state index contributed by atoms with van der Waals surface area (Å²) >= 11 is 6.65. The molecule has 1 fully saturated rings. The number of thiocarbonyl (C=S) groups is 1. The van der Waals surface area contributed by atoms with Gasteiger partial charge in [-0.1, -0.05) is 0 Å². The highest BCUT2D eigenvalue weighted by Gasteiger charge is 2.15. The molecule has 2 N–H and O–H groups in total. The average Bonchev–Trinajstić information content (AvgIpc) is 2.89. The second kappa shape index (κ2) is 9.17. The van der Waals surface area contributed by atoms with Crippen molar-refractivity contribution in [3.8, 4) is 0 Å². The van der Waals surface area contributed by atoms with E-state index in [0.717, 1.165) is 50.0 Å². The molecule has 23 heavy (non-hydrogen) atoms. The number of rotatable bonds is 6. The summed E-state index contributed by atoms with van der Waals surface area (Å²) in [6.07, 6.45) is 0. The Bertz CT molecular complexity index is 542. The summed E-state index contributed by atoms with van der Waals surface area (Å²) in [6.45, 7) is 9.31. The van der Waals surface area contributed by atoms with Crippen LogP contribution in [0.4, 0.5) is 5.00 Å². The van der Waals surface area contributed by atoms with E-state index in [9.17, 15) is 4.79 Å². The summed E-state index contributed by atoms with van der Waals surface area (Å²) in [5.74, 6) is -0.283. The molecular weight excluding hydrogens is 334 g/mol. The van der Waals surface area contributed by atoms with E-state index >= 15 is 0 Å². The van der Waals surface area contributed by atoms with E-state index < -0.39 is 0 Å². The number of nitrogens with zero attached hydrogens (tertiary/aromatic N) is 1. The second-order valence-electron chi connectivity index (χ2n) is 5.18. The van der Waals surface area contributed by atoms with Crippen LogP contribution >= 0.6 is 23.6 Å². The number of nitrogens with one attached hydrogen (secondary N) is 2. The number of morpholine rings is 1. The van der Waals surface area contributed by atoms with Gasteiger partial charge in [0.2, 0.25) is 0 Å². The molecule has 0 unspecified atom stereocenters. The molecule has 0 saturated carbocycles. The van der Waals surface area contributed by atoms with Crippen molar-refractivity contribution in [2.24, 2.45) is 0 Å². The molecule has 0 spiro atoms. The monoisotopic (exact) mass is 357 g/mol. The number of carbonyl (C=O) groups is 1. The zero-order chi connectivity index (χ0) is 16.7. The van der Waals surface area contributed by atoms with Gasteiger partial charge in [0, 0.05) is 26.2 Å². The number of ether oxygens (including phenoxy) is 2. The normalized spacial score (nSPS) is 15.2. The predicted molar refractivity (Wildman–Crippen MR) is 96.5 cm³/mol. The van der Waals surface area contributed by atoms with Crippen molar-refractivity contribution in [1.29, 1.82) is 0 Å². The van der Waals surface area contributed by atoms with Crippen LogP contribution in [0.5, 0.6) is 0 Å². The van der Waals surface area contributed by atoms with Crippen LogP contribution in [0, 0.1) is 6.92 Å². The molecule has 2 heterocycles. The first-order valence-corrected chi connectivity index (χ1v) is 8.95. The number of aryl methyl sites for hydroxylation is 1. The summed E-state index contributed by atoms with van der Waals surface area (Å²) in [4.78, 5) is 14.8. The van der Waals surface area contributed by atoms with Crippen molar-refractivity contribution in [2.75, 3.05) is 51.3 Å². The fourth-order valence-electron chi connectivity index (χ4n) is 2.25. The average molecular weight is 358 g/mol. The van der Waals surface area contributed by atoms with Crippen molar-refractivity contribution < 1.29 is 14.3 Å². The highest BCUT2D eigenvalue weighted by molar-refractivity contribution is 7.80. The lowest BCUT2D eigenvalue weighted by molar-refractivity contribution is 0.0389. The van der Waals surface area contributed by atoms with Crippen LogP contribution < -0.4 is 10.6 Å². The molecule has 0 aliphatic carbocycles. The third kappa shape index (κ3) is 5.72. The lowest BCUT2D eigenvalue weighted by Gasteiger charge is -2.26. The molecule has 1 aliphatic heterocycles. The summed E-state index contributed by atoms with van der Waals surface area (Å²) in [7, 11) is 0. The van der Waals surface area contributed by atoms with E-state index in [2.05, 4.69) is 15.5 Å². The van der Waals surface area contributed by atoms with Crippen LogP contribution in [0.2, 0.25) is 0 Å². The molecule has 128 valence electrons. The third-order valence-corrected chi connectivity index (χ3v) is 4.81. The van der Waals surface area contributed by atoms with Gasteiger partial charge in [-0.05, 0) is 37.7 Å². The lowest BCUT2D eigenvalue weighted by atomic mass is 10.3. The Kier molecular flexibility index (Phi) is 7.22. The van der Waals surface area contributed by atoms with Gasteiger partial charge in [-0.15, -0.1) is 11.3 Å². The van der Waals surface area contributed by atoms with Gasteiger partial charge in [-0.2, -0.15) is 0 Å². The molecule has 0 radical (unpaired) electrons. The van der Waals surface area contributed by atoms with Gasteiger partial charge in [0.15, 0.2) is 5.11 Å². The van der Waals surface area contributed by atoms with Crippen molar-refractivity contribution in [2.45, 2.75) is 13.8 Å². The predicted octanol–water partition coefficient (Wildman–Crippen LogP) is 1.85. The maximum absolute atomic E-state index is 11.8. The zero-order valence-corrected chi connectivity index (χ0v) is 15.1. The summed E-state index contributed by atoms with van der Waals surface area (Å²) < 4.78 is 10.4. The van der Waals surface area contributed by atoms with E-state index in [4.69, 9.17) is 21.7 Å². The highest BCUT2D eigenvalue weighted by atomic mass is 32.1. The quantitative estimate of drug-likeness (QED) is 0.595. The Morgan fingerprint density at radius 3 is 2.91 bits per heavy atom. The van der Waals surface area contributed by atoms with Gasteiger partial charge >= 0.3 is 5.97 Å². The van der Waals surface area contributed by atoms with Crippen LogP contribution in [0.25, 0.3) is 0 Å². The number of esters is 1. The van der Waals surface area contributed by atoms with Crippen LogP contribution in [0.15, 0.2) is 6.07 Å². The van der Waals surface area contributed by atoms with Gasteiger partial charge in [-0.3, -0.25) is 4.90 Å². The minimum Gasteiger partial charge on any atom is -0.462 e. The van der Waals surface area contributed by atoms with Crippen molar-refractivity contribution in [3.63, 3.8) is 0 Å². The molecule has 1 saturated heterocycles. The first kappa shape index (κ1) is 18.1. The summed E-state index contributed by atoms with van der Waals surface area (Å²) in [5, 5.41) is 7.72. The lowest BCUT2D eigenvalue weighted by Crippen LogP contribution is -2.42. The number of hydrogen-bond acceptors (Lipinski definition) is 6. The SMILES string of the molecule is CCOC(=O)c1sc(NC(=S)NCCN2CCOCC2)cc1C. The van der Waals surface area contributed by atoms with Crippen LogP contribution in [-0.4, -0.2) is 62.0 Å². The van der Waals surface area contributed by atoms with E-state index in [-0.39, 0.29) is 5.97 Å². The molecule has 2 rings (SSSR count). The highest BCUT2D eigenvalue weighted by Crippen LogP contribution is 2.27. The topological polar surface area (TPSA) is 62.8 Å². The van der Waals surface area contributed by atoms with Gasteiger partial charge in [-0.25, -0.2) is 4.79 Å². The standard InChI is InChI=1S/C15H23N3O3S2/c1-3-21-14(19)13-11(2)10-12(23-13)17-15(22)16-4-5-18-6-8-20-9-7-18/h10H,3-9H2,1-2H3,(H2,16,17,22). The van der Waals surface area contributed by atoms with Crippen LogP contribution in [-0.2, 0) is 9.47 Å². The Hall–Kier alpha value is -1.22. The maximum atomic E-state index is 11.8. The fourth-order valence-corrected chi connectivity index (χ4v) is 3.50. The number of anilines is 1. The minimum absolute atomic E-state index is 0.283. The van der Waals surface area contributed by atoms with Crippen LogP contribution in [0.3, 0.4) is 0 Å². The van der Waals surface area contributed by atoms with E-state index in [0.29, 0.717) is 16.6 Å². The summed E-state index contributed by atoms with van der Waals surface area (Å²) in [6, 6.07) is 1.91. The van der Waals surface area contributed by atoms with Gasteiger partial charge < -0.3 is 20.1 Å². The Morgan fingerprint density at radius 2 is 2.22 bits per heavy atom. The largest absolute Gasteiger partial charge is 0.462 e. The van der Waals surface area contributed by atoms with Crippen molar-refractivity contribution >= 4 is 39.6 Å². The van der Waals surface area contributed by atoms with Crippen molar-refractivity contribution in [3.05, 3.63) is 16.5 Å². The smallest absolute Gasteiger partial charge is 0.348 e. The third-order valence-electron chi connectivity index (χ3n) is 3.43. The van der Waals surface area contributed by atoms with E-state index in [1.54, 1.807) is 6.92 Å². The second-order valence-corrected chi connectivity index (χ2v) is 6.64. The summed E-state index contributed by atoms with van der Waals surface area (Å²) in [5.41, 5.74) is 0.895. The molecule has 1 aliphatic rings. The molecule has 1 aromatic heterocycles. The number of thiophene rings is 1. The molecule has 8 heteroatoms. The maximum Gasteiger partial charge on any atom is 0.348 e. The minimum atomic E-state index is -0.283. The molecule has 1 aromatic rings. The molecule has 0 amide bonds. The van der Waals surface area contributed by atoms with E-state index in [1.807, 2.05) is 13.0 Å². The molecule has 0 aromatic carbocycles. The van der Waals surface area contributed by atoms with Gasteiger partial charge in [0.1, 0.15) is 4.88 Å². The van der Waals surface area contributed by atoms with Gasteiger partial charge in [0.25, 0.3) is 0 Å². The first-order chi connectivity index (χ1) is 11.1. The Balaban J connectivity index is 1.76. The van der Waals surface area contributed by atoms with Crippen LogP contribution in [0.1, 0.15) is 22.2 Å².